The minimum absolute atomic E-state index is 0.579. The van der Waals surface area contributed by atoms with Crippen LogP contribution >= 0.6 is 0 Å². The number of aliphatic imine (C=N–C) groups is 1. The van der Waals surface area contributed by atoms with Gasteiger partial charge in [-0.1, -0.05) is 12.8 Å². The fourth-order valence-electron chi connectivity index (χ4n) is 3.50. The molecule has 0 radical (unpaired) electrons. The Morgan fingerprint density at radius 3 is 2.18 bits per heavy atom. The Kier molecular flexibility index (Phi) is 9.76. The first kappa shape index (κ1) is 22.1. The molecule has 7 nitrogen and oxygen atoms in total. The summed E-state index contributed by atoms with van der Waals surface area (Å²) in [5.41, 5.74) is 0.979. The molecule has 0 bridgehead atoms. The van der Waals surface area contributed by atoms with Gasteiger partial charge in [-0.15, -0.1) is 0 Å². The summed E-state index contributed by atoms with van der Waals surface area (Å²) in [6, 6.07) is 3.77. The number of nitrogens with one attached hydrogen (secondary N) is 2. The molecule has 0 saturated carbocycles. The second-order valence-electron chi connectivity index (χ2n) is 6.98. The Balaban J connectivity index is 1.81. The number of ether oxygens (including phenoxy) is 3. The highest BCUT2D eigenvalue weighted by molar-refractivity contribution is 5.79. The first-order valence-electron chi connectivity index (χ1n) is 10.2. The first-order chi connectivity index (χ1) is 13.7. The van der Waals surface area contributed by atoms with Gasteiger partial charge in [0.1, 0.15) is 5.75 Å². The molecule has 0 amide bonds. The zero-order valence-corrected chi connectivity index (χ0v) is 17.8. The second-order valence-corrected chi connectivity index (χ2v) is 6.98. The van der Waals surface area contributed by atoms with E-state index in [0.717, 1.165) is 36.8 Å². The average molecular weight is 393 g/mol. The molecule has 28 heavy (non-hydrogen) atoms. The predicted octanol–water partition coefficient (Wildman–Crippen LogP) is 2.64. The highest BCUT2D eigenvalue weighted by Gasteiger charge is 2.12. The van der Waals surface area contributed by atoms with Gasteiger partial charge in [0, 0.05) is 31.8 Å². The molecule has 0 spiro atoms. The Bertz CT molecular complexity index is 614. The molecular weight excluding hydrogens is 356 g/mol. The van der Waals surface area contributed by atoms with Crippen LogP contribution in [0.1, 0.15) is 37.7 Å². The van der Waals surface area contributed by atoms with Gasteiger partial charge in [0.05, 0.1) is 21.3 Å². The Labute approximate surface area is 169 Å². The van der Waals surface area contributed by atoms with Crippen molar-refractivity contribution in [3.8, 4) is 17.2 Å². The van der Waals surface area contributed by atoms with Crippen LogP contribution in [-0.4, -0.2) is 65.4 Å². The van der Waals surface area contributed by atoms with E-state index in [9.17, 15) is 0 Å². The molecule has 158 valence electrons. The van der Waals surface area contributed by atoms with E-state index in [1.807, 2.05) is 12.1 Å². The molecule has 1 aliphatic rings. The van der Waals surface area contributed by atoms with Crippen LogP contribution in [-0.2, 0) is 6.54 Å². The second kappa shape index (κ2) is 12.3. The van der Waals surface area contributed by atoms with E-state index >= 15 is 0 Å². The van der Waals surface area contributed by atoms with E-state index in [2.05, 4.69) is 20.5 Å². The van der Waals surface area contributed by atoms with Crippen molar-refractivity contribution in [3.63, 3.8) is 0 Å². The summed E-state index contributed by atoms with van der Waals surface area (Å²) >= 11 is 0. The normalized spacial score (nSPS) is 15.6. The minimum atomic E-state index is 0.579. The molecule has 0 aliphatic carbocycles. The van der Waals surface area contributed by atoms with E-state index in [1.165, 1.54) is 38.8 Å². The van der Waals surface area contributed by atoms with Crippen LogP contribution < -0.4 is 24.8 Å². The third-order valence-corrected chi connectivity index (χ3v) is 5.10. The van der Waals surface area contributed by atoms with E-state index < -0.39 is 0 Å². The summed E-state index contributed by atoms with van der Waals surface area (Å²) < 4.78 is 16.2. The van der Waals surface area contributed by atoms with Gasteiger partial charge in [-0.2, -0.15) is 0 Å². The molecule has 2 N–H and O–H groups in total. The van der Waals surface area contributed by atoms with E-state index in [-0.39, 0.29) is 0 Å². The zero-order valence-electron chi connectivity index (χ0n) is 17.8. The van der Waals surface area contributed by atoms with Crippen LogP contribution in [0.15, 0.2) is 17.1 Å². The van der Waals surface area contributed by atoms with Gasteiger partial charge in [-0.3, -0.25) is 4.99 Å². The lowest BCUT2D eigenvalue weighted by Crippen LogP contribution is -2.38. The van der Waals surface area contributed by atoms with Crippen LogP contribution in [0.25, 0.3) is 0 Å². The van der Waals surface area contributed by atoms with Crippen molar-refractivity contribution < 1.29 is 14.2 Å². The van der Waals surface area contributed by atoms with Gasteiger partial charge in [-0.25, -0.2) is 0 Å². The van der Waals surface area contributed by atoms with Crippen LogP contribution in [0, 0.1) is 0 Å². The zero-order chi connectivity index (χ0) is 20.2. The van der Waals surface area contributed by atoms with Crippen LogP contribution in [0.2, 0.25) is 0 Å². The maximum Gasteiger partial charge on any atom is 0.191 e. The van der Waals surface area contributed by atoms with Crippen molar-refractivity contribution in [2.24, 2.45) is 4.99 Å². The topological polar surface area (TPSA) is 67.4 Å². The monoisotopic (exact) mass is 392 g/mol. The fourth-order valence-corrected chi connectivity index (χ4v) is 3.50. The Morgan fingerprint density at radius 1 is 0.929 bits per heavy atom. The van der Waals surface area contributed by atoms with E-state index in [4.69, 9.17) is 14.2 Å². The van der Waals surface area contributed by atoms with Gasteiger partial charge < -0.3 is 29.7 Å². The van der Waals surface area contributed by atoms with Gasteiger partial charge in [0.25, 0.3) is 0 Å². The number of guanidine groups is 1. The molecule has 7 heteroatoms. The third kappa shape index (κ3) is 6.78. The molecule has 1 heterocycles. The highest BCUT2D eigenvalue weighted by atomic mass is 16.5. The van der Waals surface area contributed by atoms with Gasteiger partial charge in [0.15, 0.2) is 17.5 Å². The Hall–Kier alpha value is -2.15. The van der Waals surface area contributed by atoms with Crippen molar-refractivity contribution >= 4 is 5.96 Å². The summed E-state index contributed by atoms with van der Waals surface area (Å²) in [6.07, 6.45) is 6.55. The Morgan fingerprint density at radius 2 is 1.57 bits per heavy atom. The van der Waals surface area contributed by atoms with Gasteiger partial charge in [0.2, 0.25) is 0 Å². The summed E-state index contributed by atoms with van der Waals surface area (Å²) in [7, 11) is 6.69. The lowest BCUT2D eigenvalue weighted by Gasteiger charge is -2.20. The van der Waals surface area contributed by atoms with Crippen LogP contribution in [0.5, 0.6) is 17.2 Å². The van der Waals surface area contributed by atoms with Gasteiger partial charge in [-0.05, 0) is 45.0 Å². The number of benzene rings is 1. The molecule has 1 aromatic rings. The molecule has 0 aromatic heterocycles. The number of hydrogen-bond donors (Lipinski definition) is 2. The van der Waals surface area contributed by atoms with Crippen molar-refractivity contribution in [3.05, 3.63) is 17.7 Å². The first-order valence-corrected chi connectivity index (χ1v) is 10.2. The number of rotatable bonds is 9. The average Bonchev–Trinajstić information content (AvgIpc) is 3.01. The minimum Gasteiger partial charge on any atom is -0.496 e. The molecule has 2 rings (SSSR count). The third-order valence-electron chi connectivity index (χ3n) is 5.10. The maximum atomic E-state index is 5.49. The standard InChI is InChI=1S/C21H36N4O3/c1-22-21(23-10-9-13-25-11-7-5-6-8-12-25)24-16-17-14-19(27-3)20(28-4)15-18(17)26-2/h14-15H,5-13,16H2,1-4H3,(H2,22,23,24). The summed E-state index contributed by atoms with van der Waals surface area (Å²) in [4.78, 5) is 6.90. The summed E-state index contributed by atoms with van der Waals surface area (Å²) in [5.74, 6) is 2.87. The highest BCUT2D eigenvalue weighted by Crippen LogP contribution is 2.34. The van der Waals surface area contributed by atoms with Crippen LogP contribution in [0.3, 0.4) is 0 Å². The summed E-state index contributed by atoms with van der Waals surface area (Å²) in [6.45, 7) is 5.11. The van der Waals surface area contributed by atoms with Crippen LogP contribution in [0.4, 0.5) is 0 Å². The number of hydrogen-bond acceptors (Lipinski definition) is 5. The molecular formula is C21H36N4O3. The molecule has 1 aromatic carbocycles. The van der Waals surface area contributed by atoms with Crippen molar-refractivity contribution in [1.29, 1.82) is 0 Å². The lowest BCUT2D eigenvalue weighted by atomic mass is 10.1. The molecule has 1 saturated heterocycles. The molecule has 1 aliphatic heterocycles. The smallest absolute Gasteiger partial charge is 0.191 e. The van der Waals surface area contributed by atoms with E-state index in [0.29, 0.717) is 18.0 Å². The molecule has 0 atom stereocenters. The summed E-state index contributed by atoms with van der Waals surface area (Å²) in [5, 5.41) is 6.75. The predicted molar refractivity (Wildman–Crippen MR) is 114 cm³/mol. The largest absolute Gasteiger partial charge is 0.496 e. The number of nitrogens with zero attached hydrogens (tertiary/aromatic N) is 2. The molecule has 1 fully saturated rings. The van der Waals surface area contributed by atoms with Crippen molar-refractivity contribution in [2.45, 2.75) is 38.6 Å². The number of likely N-dealkylation sites (tertiary alicyclic amines) is 1. The van der Waals surface area contributed by atoms with E-state index in [1.54, 1.807) is 28.4 Å². The number of methoxy groups -OCH3 is 3. The molecule has 0 unspecified atom stereocenters. The quantitative estimate of drug-likeness (QED) is 0.383. The lowest BCUT2D eigenvalue weighted by molar-refractivity contribution is 0.282. The van der Waals surface area contributed by atoms with Gasteiger partial charge >= 0.3 is 0 Å². The van der Waals surface area contributed by atoms with Crippen molar-refractivity contribution in [2.75, 3.05) is 54.6 Å². The SMILES string of the molecule is CN=C(NCCCN1CCCCCC1)NCc1cc(OC)c(OC)cc1OC. The van der Waals surface area contributed by atoms with Crippen molar-refractivity contribution in [1.82, 2.24) is 15.5 Å². The fraction of sp³-hybridized carbons (Fsp3) is 0.667. The maximum absolute atomic E-state index is 5.49.